The first-order valence-electron chi connectivity index (χ1n) is 4.98. The molecule has 0 aliphatic rings. The molecule has 0 amide bonds. The molecule has 0 saturated heterocycles. The molecular formula is C9H12F2N4O3. The molecule has 1 aromatic rings. The summed E-state index contributed by atoms with van der Waals surface area (Å²) in [6.07, 6.45) is -4.75. The number of pyridine rings is 1. The van der Waals surface area contributed by atoms with E-state index in [0.717, 1.165) is 6.07 Å². The van der Waals surface area contributed by atoms with Gasteiger partial charge in [-0.25, -0.2) is 13.8 Å². The van der Waals surface area contributed by atoms with Crippen LogP contribution in [-0.4, -0.2) is 41.1 Å². The zero-order chi connectivity index (χ0) is 13.7. The molecule has 1 heterocycles. The van der Waals surface area contributed by atoms with Crippen molar-refractivity contribution in [3.05, 3.63) is 22.2 Å². The Morgan fingerprint density at radius 2 is 2.11 bits per heavy atom. The number of nitrogens with zero attached hydrogens (tertiary/aromatic N) is 2. The lowest BCUT2D eigenvalue weighted by Crippen LogP contribution is -2.27. The summed E-state index contributed by atoms with van der Waals surface area (Å²) in [5.41, 5.74) is -0.233. The zero-order valence-corrected chi connectivity index (χ0v) is 9.43. The molecule has 9 heteroatoms. The van der Waals surface area contributed by atoms with Crippen molar-refractivity contribution >= 4 is 17.3 Å². The Labute approximate surface area is 101 Å². The number of anilines is 2. The molecule has 0 bridgehead atoms. The molecule has 1 aromatic heterocycles. The van der Waals surface area contributed by atoms with Gasteiger partial charge in [-0.05, 0) is 0 Å². The van der Waals surface area contributed by atoms with Gasteiger partial charge in [0.25, 0.3) is 12.1 Å². The lowest BCUT2D eigenvalue weighted by atomic mass is 10.3. The van der Waals surface area contributed by atoms with Gasteiger partial charge in [0.2, 0.25) is 0 Å². The van der Waals surface area contributed by atoms with Gasteiger partial charge in [0, 0.05) is 13.6 Å². The van der Waals surface area contributed by atoms with Crippen LogP contribution in [0.3, 0.4) is 0 Å². The van der Waals surface area contributed by atoms with Crippen LogP contribution in [0.15, 0.2) is 12.1 Å². The SMILES string of the molecule is CNc1cc([N+](=O)[O-])cc(NCC(O)C(F)F)n1. The number of nitrogens with one attached hydrogen (secondary N) is 2. The molecule has 0 aliphatic heterocycles. The van der Waals surface area contributed by atoms with E-state index >= 15 is 0 Å². The standard InChI is InChI=1S/C9H12F2N4O3/c1-12-7-2-5(15(17)18)3-8(14-7)13-4-6(16)9(10)11/h2-3,6,9,16H,4H2,1H3,(H2,12,13,14). The van der Waals surface area contributed by atoms with E-state index in [2.05, 4.69) is 15.6 Å². The summed E-state index contributed by atoms with van der Waals surface area (Å²) in [5.74, 6) is 0.256. The Hall–Kier alpha value is -2.03. The van der Waals surface area contributed by atoms with Gasteiger partial charge in [0.05, 0.1) is 17.1 Å². The third kappa shape index (κ3) is 3.77. The summed E-state index contributed by atoms with van der Waals surface area (Å²) in [5, 5.41) is 24.5. The summed E-state index contributed by atoms with van der Waals surface area (Å²) >= 11 is 0. The number of hydrogen-bond donors (Lipinski definition) is 3. The average molecular weight is 262 g/mol. The van der Waals surface area contributed by atoms with Crippen LogP contribution in [0.1, 0.15) is 0 Å². The molecule has 100 valence electrons. The van der Waals surface area contributed by atoms with Crippen LogP contribution in [0, 0.1) is 10.1 Å². The van der Waals surface area contributed by atoms with E-state index in [0.29, 0.717) is 0 Å². The van der Waals surface area contributed by atoms with E-state index < -0.39 is 24.0 Å². The smallest absolute Gasteiger partial charge is 0.276 e. The number of nitro groups is 1. The molecule has 0 aromatic carbocycles. The van der Waals surface area contributed by atoms with Gasteiger partial charge in [-0.1, -0.05) is 0 Å². The van der Waals surface area contributed by atoms with Crippen LogP contribution in [-0.2, 0) is 0 Å². The largest absolute Gasteiger partial charge is 0.385 e. The van der Waals surface area contributed by atoms with Crippen molar-refractivity contribution in [1.29, 1.82) is 0 Å². The number of hydrogen-bond acceptors (Lipinski definition) is 6. The highest BCUT2D eigenvalue weighted by Gasteiger charge is 2.17. The number of aliphatic hydroxyl groups excluding tert-OH is 1. The average Bonchev–Trinajstić information content (AvgIpc) is 2.35. The topological polar surface area (TPSA) is 100 Å². The predicted molar refractivity (Wildman–Crippen MR) is 60.9 cm³/mol. The molecule has 0 aliphatic carbocycles. The Morgan fingerprint density at radius 1 is 1.50 bits per heavy atom. The fraction of sp³-hybridized carbons (Fsp3) is 0.444. The zero-order valence-electron chi connectivity index (χ0n) is 9.43. The Balaban J connectivity index is 2.81. The summed E-state index contributed by atoms with van der Waals surface area (Å²) in [4.78, 5) is 13.9. The first-order chi connectivity index (χ1) is 8.43. The summed E-state index contributed by atoms with van der Waals surface area (Å²) in [6, 6.07) is 2.30. The Kier molecular flexibility index (Phi) is 4.72. The molecule has 0 spiro atoms. The maximum absolute atomic E-state index is 12.1. The predicted octanol–water partition coefficient (Wildman–Crippen LogP) is 1.07. The number of aromatic nitrogens is 1. The molecule has 1 unspecified atom stereocenters. The van der Waals surface area contributed by atoms with Crippen LogP contribution in [0.2, 0.25) is 0 Å². The van der Waals surface area contributed by atoms with E-state index in [-0.39, 0.29) is 17.3 Å². The molecule has 0 radical (unpaired) electrons. The third-order valence-electron chi connectivity index (χ3n) is 2.06. The van der Waals surface area contributed by atoms with Crippen LogP contribution in [0.4, 0.5) is 26.1 Å². The summed E-state index contributed by atoms with van der Waals surface area (Å²) in [7, 11) is 1.52. The molecule has 1 atom stereocenters. The van der Waals surface area contributed by atoms with Crippen LogP contribution in [0.5, 0.6) is 0 Å². The Bertz CT molecular complexity index is 430. The van der Waals surface area contributed by atoms with Gasteiger partial charge in [-0.3, -0.25) is 10.1 Å². The van der Waals surface area contributed by atoms with E-state index in [1.54, 1.807) is 0 Å². The van der Waals surface area contributed by atoms with Gasteiger partial charge in [-0.15, -0.1) is 0 Å². The van der Waals surface area contributed by atoms with Gasteiger partial charge in [0.15, 0.2) is 0 Å². The van der Waals surface area contributed by atoms with E-state index in [1.807, 2.05) is 0 Å². The maximum atomic E-state index is 12.1. The molecule has 7 nitrogen and oxygen atoms in total. The van der Waals surface area contributed by atoms with Gasteiger partial charge < -0.3 is 15.7 Å². The van der Waals surface area contributed by atoms with Crippen LogP contribution in [0.25, 0.3) is 0 Å². The monoisotopic (exact) mass is 262 g/mol. The second-order valence-corrected chi connectivity index (χ2v) is 3.39. The van der Waals surface area contributed by atoms with Crippen molar-refractivity contribution in [3.63, 3.8) is 0 Å². The molecule has 0 saturated carbocycles. The second kappa shape index (κ2) is 6.05. The minimum absolute atomic E-state index is 0.0354. The van der Waals surface area contributed by atoms with Gasteiger partial charge in [0.1, 0.15) is 17.7 Å². The quantitative estimate of drug-likeness (QED) is 0.523. The normalized spacial score (nSPS) is 12.3. The number of alkyl halides is 2. The highest BCUT2D eigenvalue weighted by atomic mass is 19.3. The fourth-order valence-electron chi connectivity index (χ4n) is 1.14. The van der Waals surface area contributed by atoms with Crippen molar-refractivity contribution in [3.8, 4) is 0 Å². The summed E-state index contributed by atoms with van der Waals surface area (Å²) < 4.78 is 24.1. The van der Waals surface area contributed by atoms with Crippen molar-refractivity contribution in [2.24, 2.45) is 0 Å². The molecular weight excluding hydrogens is 250 g/mol. The van der Waals surface area contributed by atoms with Gasteiger partial charge in [-0.2, -0.15) is 0 Å². The first kappa shape index (κ1) is 14.0. The summed E-state index contributed by atoms with van der Waals surface area (Å²) in [6.45, 7) is -0.449. The van der Waals surface area contributed by atoms with Gasteiger partial charge >= 0.3 is 0 Å². The Morgan fingerprint density at radius 3 is 2.61 bits per heavy atom. The minimum atomic E-state index is -2.89. The lowest BCUT2D eigenvalue weighted by Gasteiger charge is -2.11. The molecule has 3 N–H and O–H groups in total. The first-order valence-corrected chi connectivity index (χ1v) is 4.98. The maximum Gasteiger partial charge on any atom is 0.276 e. The second-order valence-electron chi connectivity index (χ2n) is 3.39. The van der Waals surface area contributed by atoms with Crippen molar-refractivity contribution in [2.45, 2.75) is 12.5 Å². The number of aliphatic hydroxyl groups is 1. The van der Waals surface area contributed by atoms with Crippen molar-refractivity contribution in [2.75, 3.05) is 24.2 Å². The van der Waals surface area contributed by atoms with Crippen LogP contribution < -0.4 is 10.6 Å². The van der Waals surface area contributed by atoms with E-state index in [1.165, 1.54) is 13.1 Å². The molecule has 18 heavy (non-hydrogen) atoms. The van der Waals surface area contributed by atoms with Crippen LogP contribution >= 0.6 is 0 Å². The van der Waals surface area contributed by atoms with E-state index in [4.69, 9.17) is 5.11 Å². The molecule has 1 rings (SSSR count). The third-order valence-corrected chi connectivity index (χ3v) is 2.06. The number of halogens is 2. The van der Waals surface area contributed by atoms with E-state index in [9.17, 15) is 18.9 Å². The van der Waals surface area contributed by atoms with Crippen molar-refractivity contribution < 1.29 is 18.8 Å². The lowest BCUT2D eigenvalue weighted by molar-refractivity contribution is -0.384. The fourth-order valence-corrected chi connectivity index (χ4v) is 1.14. The highest BCUT2D eigenvalue weighted by molar-refractivity contribution is 5.54. The minimum Gasteiger partial charge on any atom is -0.385 e. The highest BCUT2D eigenvalue weighted by Crippen LogP contribution is 2.20. The molecule has 0 fully saturated rings. The van der Waals surface area contributed by atoms with Crippen molar-refractivity contribution in [1.82, 2.24) is 4.98 Å². The number of rotatable bonds is 6.